The van der Waals surface area contributed by atoms with Crippen LogP contribution in [-0.2, 0) is 9.47 Å². The van der Waals surface area contributed by atoms with Gasteiger partial charge < -0.3 is 19.5 Å². The van der Waals surface area contributed by atoms with Crippen molar-refractivity contribution in [3.63, 3.8) is 0 Å². The molecule has 1 aromatic carbocycles. The maximum absolute atomic E-state index is 5.92. The number of hydrogen-bond donors (Lipinski definition) is 1. The van der Waals surface area contributed by atoms with Crippen LogP contribution in [0.5, 0.6) is 5.75 Å². The molecule has 1 N–H and O–H groups in total. The lowest BCUT2D eigenvalue weighted by atomic mass is 10.2. The van der Waals surface area contributed by atoms with E-state index in [-0.39, 0.29) is 5.44 Å². The predicted octanol–water partition coefficient (Wildman–Crippen LogP) is 3.18. The first-order chi connectivity index (χ1) is 12.6. The average Bonchev–Trinajstić information content (AvgIpc) is 2.65. The Kier molecular flexibility index (Phi) is 7.19. The molecular weight excluding hydrogens is 350 g/mol. The summed E-state index contributed by atoms with van der Waals surface area (Å²) in [6, 6.07) is 6.15. The third-order valence-corrected chi connectivity index (χ3v) is 5.81. The number of thioether (sulfide) groups is 1. The summed E-state index contributed by atoms with van der Waals surface area (Å²) >= 11 is 1.65. The number of aryl methyl sites for hydroxylation is 1. The number of aliphatic imine (C=N–C) groups is 1. The molecule has 2 heterocycles. The van der Waals surface area contributed by atoms with E-state index in [4.69, 9.17) is 14.2 Å². The van der Waals surface area contributed by atoms with Gasteiger partial charge in [-0.1, -0.05) is 25.6 Å². The summed E-state index contributed by atoms with van der Waals surface area (Å²) in [7, 11) is 0. The highest BCUT2D eigenvalue weighted by Gasteiger charge is 2.21. The second kappa shape index (κ2) is 9.60. The van der Waals surface area contributed by atoms with Crippen LogP contribution in [0.3, 0.4) is 0 Å². The summed E-state index contributed by atoms with van der Waals surface area (Å²) in [6.45, 7) is 12.1. The minimum Gasteiger partial charge on any atom is -0.492 e. The standard InChI is InChI=1S/C19H29N3O3S/c1-14(2)18-25-13-20-19(26-18)21-17-5-4-16(12-15(17)3)24-11-8-22-6-9-23-10-7-22/h4-5,12,14,18H,6-11,13H2,1-3H3,(H,20,21). The van der Waals surface area contributed by atoms with Crippen LogP contribution in [0.4, 0.5) is 5.69 Å². The molecule has 144 valence electrons. The Hall–Kier alpha value is -1.28. The summed E-state index contributed by atoms with van der Waals surface area (Å²) in [6.07, 6.45) is 0. The van der Waals surface area contributed by atoms with Crippen LogP contribution in [0, 0.1) is 12.8 Å². The molecule has 1 aromatic rings. The first-order valence-electron chi connectivity index (χ1n) is 9.25. The maximum atomic E-state index is 5.92. The van der Waals surface area contributed by atoms with Crippen LogP contribution < -0.4 is 10.1 Å². The van der Waals surface area contributed by atoms with Crippen LogP contribution in [0.25, 0.3) is 0 Å². The molecule has 0 aliphatic carbocycles. The molecule has 2 aliphatic rings. The van der Waals surface area contributed by atoms with E-state index in [1.54, 1.807) is 11.8 Å². The summed E-state index contributed by atoms with van der Waals surface area (Å²) in [4.78, 5) is 6.79. The number of hydrogen-bond acceptors (Lipinski definition) is 7. The average molecular weight is 380 g/mol. The molecule has 0 saturated carbocycles. The minimum atomic E-state index is 0.151. The van der Waals surface area contributed by atoms with Crippen molar-refractivity contribution in [3.8, 4) is 5.75 Å². The van der Waals surface area contributed by atoms with Crippen LogP contribution in [-0.4, -0.2) is 61.7 Å². The zero-order valence-corrected chi connectivity index (χ0v) is 16.7. The molecule has 7 heteroatoms. The zero-order valence-electron chi connectivity index (χ0n) is 15.9. The van der Waals surface area contributed by atoms with Crippen molar-refractivity contribution in [2.45, 2.75) is 26.2 Å². The van der Waals surface area contributed by atoms with Crippen molar-refractivity contribution in [2.24, 2.45) is 10.9 Å². The Morgan fingerprint density at radius 3 is 2.88 bits per heavy atom. The Labute approximate surface area is 160 Å². The van der Waals surface area contributed by atoms with Gasteiger partial charge in [0.15, 0.2) is 5.17 Å². The van der Waals surface area contributed by atoms with Gasteiger partial charge in [-0.05, 0) is 36.6 Å². The van der Waals surface area contributed by atoms with Crippen molar-refractivity contribution in [1.29, 1.82) is 0 Å². The molecule has 3 rings (SSSR count). The van der Waals surface area contributed by atoms with Crippen LogP contribution >= 0.6 is 11.8 Å². The number of nitrogens with zero attached hydrogens (tertiary/aromatic N) is 2. The number of nitrogens with one attached hydrogen (secondary N) is 1. The quantitative estimate of drug-likeness (QED) is 0.819. The number of morpholine rings is 1. The monoisotopic (exact) mass is 379 g/mol. The molecule has 6 nitrogen and oxygen atoms in total. The highest BCUT2D eigenvalue weighted by molar-refractivity contribution is 8.14. The van der Waals surface area contributed by atoms with Gasteiger partial charge in [-0.3, -0.25) is 4.90 Å². The second-order valence-electron chi connectivity index (χ2n) is 6.89. The number of benzene rings is 1. The molecule has 26 heavy (non-hydrogen) atoms. The van der Waals surface area contributed by atoms with Crippen LogP contribution in [0.15, 0.2) is 23.2 Å². The maximum Gasteiger partial charge on any atom is 0.165 e. The largest absolute Gasteiger partial charge is 0.492 e. The van der Waals surface area contributed by atoms with Gasteiger partial charge in [0.2, 0.25) is 0 Å². The van der Waals surface area contributed by atoms with Gasteiger partial charge in [0, 0.05) is 25.3 Å². The van der Waals surface area contributed by atoms with E-state index in [0.717, 1.165) is 55.0 Å². The summed E-state index contributed by atoms with van der Waals surface area (Å²) in [5.41, 5.74) is 2.35. The summed E-state index contributed by atoms with van der Waals surface area (Å²) < 4.78 is 16.9. The molecule has 0 bridgehead atoms. The van der Waals surface area contributed by atoms with E-state index in [0.29, 0.717) is 19.3 Å². The Balaban J connectivity index is 1.50. The lowest BCUT2D eigenvalue weighted by molar-refractivity contribution is 0.0322. The Morgan fingerprint density at radius 2 is 2.15 bits per heavy atom. The van der Waals surface area contributed by atoms with Gasteiger partial charge in [0.05, 0.1) is 13.2 Å². The topological polar surface area (TPSA) is 55.3 Å². The lowest BCUT2D eigenvalue weighted by Gasteiger charge is -2.26. The third kappa shape index (κ3) is 5.61. The van der Waals surface area contributed by atoms with Gasteiger partial charge in [0.1, 0.15) is 24.5 Å². The smallest absolute Gasteiger partial charge is 0.165 e. The molecule has 1 fully saturated rings. The molecule has 0 amide bonds. The van der Waals surface area contributed by atoms with Crippen LogP contribution in [0.1, 0.15) is 19.4 Å². The van der Waals surface area contributed by atoms with E-state index < -0.39 is 0 Å². The molecule has 0 aromatic heterocycles. The van der Waals surface area contributed by atoms with Gasteiger partial charge in [-0.2, -0.15) is 0 Å². The molecular formula is C19H29N3O3S. The summed E-state index contributed by atoms with van der Waals surface area (Å²) in [5, 5.41) is 4.34. The van der Waals surface area contributed by atoms with E-state index in [9.17, 15) is 0 Å². The number of amidine groups is 1. The predicted molar refractivity (Wildman–Crippen MR) is 107 cm³/mol. The first kappa shape index (κ1) is 19.5. The van der Waals surface area contributed by atoms with Gasteiger partial charge in [-0.15, -0.1) is 0 Å². The number of ether oxygens (including phenoxy) is 3. The number of anilines is 1. The SMILES string of the molecule is Cc1cc(OCCN2CCOCC2)ccc1NC1=NCOC(C(C)C)S1. The highest BCUT2D eigenvalue weighted by Crippen LogP contribution is 2.28. The molecule has 1 saturated heterocycles. The second-order valence-corrected chi connectivity index (χ2v) is 7.98. The van der Waals surface area contributed by atoms with E-state index in [1.165, 1.54) is 0 Å². The van der Waals surface area contributed by atoms with E-state index >= 15 is 0 Å². The summed E-state index contributed by atoms with van der Waals surface area (Å²) in [5.74, 6) is 1.36. The normalized spacial score (nSPS) is 21.5. The minimum absolute atomic E-state index is 0.151. The first-order valence-corrected chi connectivity index (χ1v) is 10.1. The van der Waals surface area contributed by atoms with Crippen molar-refractivity contribution >= 4 is 22.6 Å². The lowest BCUT2D eigenvalue weighted by Crippen LogP contribution is -2.38. The fraction of sp³-hybridized carbons (Fsp3) is 0.632. The molecule has 0 spiro atoms. The van der Waals surface area contributed by atoms with E-state index in [1.807, 2.05) is 6.07 Å². The van der Waals surface area contributed by atoms with E-state index in [2.05, 4.69) is 48.1 Å². The number of rotatable bonds is 6. The van der Waals surface area contributed by atoms with Crippen molar-refractivity contribution in [1.82, 2.24) is 4.90 Å². The van der Waals surface area contributed by atoms with Crippen molar-refractivity contribution < 1.29 is 14.2 Å². The fourth-order valence-electron chi connectivity index (χ4n) is 2.85. The molecule has 1 unspecified atom stereocenters. The Morgan fingerprint density at radius 1 is 1.35 bits per heavy atom. The van der Waals surface area contributed by atoms with Crippen molar-refractivity contribution in [3.05, 3.63) is 23.8 Å². The molecule has 2 aliphatic heterocycles. The van der Waals surface area contributed by atoms with Gasteiger partial charge >= 0.3 is 0 Å². The fourth-order valence-corrected chi connectivity index (χ4v) is 3.76. The van der Waals surface area contributed by atoms with Crippen molar-refractivity contribution in [2.75, 3.05) is 51.5 Å². The zero-order chi connectivity index (χ0) is 18.4. The van der Waals surface area contributed by atoms with Gasteiger partial charge in [0.25, 0.3) is 0 Å². The molecule has 0 radical (unpaired) electrons. The molecule has 1 atom stereocenters. The Bertz CT molecular complexity index is 618. The third-order valence-electron chi connectivity index (χ3n) is 4.44. The van der Waals surface area contributed by atoms with Crippen LogP contribution in [0.2, 0.25) is 0 Å². The van der Waals surface area contributed by atoms with Gasteiger partial charge in [-0.25, -0.2) is 4.99 Å². The highest BCUT2D eigenvalue weighted by atomic mass is 32.2.